The van der Waals surface area contributed by atoms with E-state index in [2.05, 4.69) is 30.0 Å². The highest BCUT2D eigenvalue weighted by molar-refractivity contribution is 5.49. The Labute approximate surface area is 107 Å². The minimum absolute atomic E-state index is 0.391. The van der Waals surface area contributed by atoms with Crippen molar-refractivity contribution in [2.45, 2.75) is 51.4 Å². The molecule has 0 spiro atoms. The first-order valence-corrected chi connectivity index (χ1v) is 6.81. The second-order valence-electron chi connectivity index (χ2n) is 5.58. The van der Waals surface area contributed by atoms with Gasteiger partial charge in [0.15, 0.2) is 5.65 Å². The van der Waals surface area contributed by atoms with E-state index in [9.17, 15) is 0 Å². The van der Waals surface area contributed by atoms with Crippen molar-refractivity contribution in [1.29, 1.82) is 0 Å². The highest BCUT2D eigenvalue weighted by atomic mass is 15.3. The van der Waals surface area contributed by atoms with Crippen LogP contribution in [0.15, 0.2) is 12.1 Å². The van der Waals surface area contributed by atoms with Crippen molar-refractivity contribution < 1.29 is 0 Å². The maximum Gasteiger partial charge on any atom is 0.157 e. The van der Waals surface area contributed by atoms with E-state index in [0.29, 0.717) is 17.7 Å². The summed E-state index contributed by atoms with van der Waals surface area (Å²) in [4.78, 5) is 4.65. The fourth-order valence-electron chi connectivity index (χ4n) is 2.75. The van der Waals surface area contributed by atoms with E-state index in [-0.39, 0.29) is 0 Å². The monoisotopic (exact) mass is 244 g/mol. The molecule has 0 bridgehead atoms. The molecule has 2 heterocycles. The highest BCUT2D eigenvalue weighted by Crippen LogP contribution is 2.33. The SMILES string of the molecule is CC(C)c1cc(N)n2nc(C3CCCC3)cc2n1. The van der Waals surface area contributed by atoms with Crippen LogP contribution >= 0.6 is 0 Å². The van der Waals surface area contributed by atoms with Gasteiger partial charge in [0, 0.05) is 23.7 Å². The first-order valence-electron chi connectivity index (χ1n) is 6.81. The topological polar surface area (TPSA) is 56.2 Å². The van der Waals surface area contributed by atoms with E-state index in [1.54, 1.807) is 4.52 Å². The number of nitrogens with zero attached hydrogens (tertiary/aromatic N) is 3. The Balaban J connectivity index is 2.07. The van der Waals surface area contributed by atoms with E-state index < -0.39 is 0 Å². The minimum Gasteiger partial charge on any atom is -0.384 e. The molecule has 0 saturated heterocycles. The maximum absolute atomic E-state index is 6.07. The van der Waals surface area contributed by atoms with Gasteiger partial charge in [-0.05, 0) is 18.8 Å². The first kappa shape index (κ1) is 11.5. The standard InChI is InChI=1S/C14H20N4/c1-9(2)11-7-13(15)18-14(16-11)8-12(17-18)10-5-3-4-6-10/h7-10H,3-6,15H2,1-2H3. The molecule has 1 aliphatic carbocycles. The number of anilines is 1. The Morgan fingerprint density at radius 3 is 2.67 bits per heavy atom. The molecular weight excluding hydrogens is 224 g/mol. The molecule has 2 aromatic rings. The van der Waals surface area contributed by atoms with Crippen molar-refractivity contribution in [3.63, 3.8) is 0 Å². The lowest BCUT2D eigenvalue weighted by molar-refractivity contribution is 0.685. The molecule has 1 fully saturated rings. The molecule has 1 saturated carbocycles. The molecule has 4 nitrogen and oxygen atoms in total. The van der Waals surface area contributed by atoms with Gasteiger partial charge in [-0.15, -0.1) is 0 Å². The number of nitrogen functional groups attached to an aromatic ring is 1. The van der Waals surface area contributed by atoms with Crippen LogP contribution in [0.25, 0.3) is 5.65 Å². The van der Waals surface area contributed by atoms with E-state index in [1.807, 2.05) is 6.07 Å². The molecule has 0 radical (unpaired) electrons. The molecule has 0 unspecified atom stereocenters. The van der Waals surface area contributed by atoms with Gasteiger partial charge in [-0.25, -0.2) is 4.98 Å². The zero-order chi connectivity index (χ0) is 12.7. The summed E-state index contributed by atoms with van der Waals surface area (Å²) in [6, 6.07) is 4.04. The summed E-state index contributed by atoms with van der Waals surface area (Å²) in [6.07, 6.45) is 5.14. The Morgan fingerprint density at radius 2 is 2.00 bits per heavy atom. The normalized spacial score (nSPS) is 17.1. The third-order valence-corrected chi connectivity index (χ3v) is 3.86. The lowest BCUT2D eigenvalue weighted by atomic mass is 10.0. The summed E-state index contributed by atoms with van der Waals surface area (Å²) < 4.78 is 1.78. The van der Waals surface area contributed by atoms with Gasteiger partial charge in [0.1, 0.15) is 5.82 Å². The van der Waals surface area contributed by atoms with Crippen LogP contribution in [0.4, 0.5) is 5.82 Å². The van der Waals surface area contributed by atoms with Crippen LogP contribution in [-0.4, -0.2) is 14.6 Å². The Kier molecular flexibility index (Phi) is 2.73. The van der Waals surface area contributed by atoms with Gasteiger partial charge in [0.05, 0.1) is 5.69 Å². The Bertz CT molecular complexity index is 564. The molecule has 0 atom stereocenters. The van der Waals surface area contributed by atoms with Gasteiger partial charge in [-0.3, -0.25) is 0 Å². The van der Waals surface area contributed by atoms with Crippen molar-refractivity contribution >= 4 is 11.5 Å². The summed E-state index contributed by atoms with van der Waals surface area (Å²) in [7, 11) is 0. The molecule has 0 aliphatic heterocycles. The second-order valence-corrected chi connectivity index (χ2v) is 5.58. The lowest BCUT2D eigenvalue weighted by Crippen LogP contribution is -2.04. The van der Waals surface area contributed by atoms with E-state index in [4.69, 9.17) is 5.73 Å². The van der Waals surface area contributed by atoms with E-state index >= 15 is 0 Å². The Hall–Kier alpha value is -1.58. The second kappa shape index (κ2) is 4.26. The molecule has 96 valence electrons. The summed E-state index contributed by atoms with van der Waals surface area (Å²) in [5.41, 5.74) is 9.16. The fraction of sp³-hybridized carbons (Fsp3) is 0.571. The highest BCUT2D eigenvalue weighted by Gasteiger charge is 2.21. The van der Waals surface area contributed by atoms with Crippen LogP contribution in [0.1, 0.15) is 62.8 Å². The quantitative estimate of drug-likeness (QED) is 0.883. The van der Waals surface area contributed by atoms with Crippen molar-refractivity contribution in [3.05, 3.63) is 23.5 Å². The molecule has 0 amide bonds. The smallest absolute Gasteiger partial charge is 0.157 e. The molecule has 0 aromatic carbocycles. The largest absolute Gasteiger partial charge is 0.384 e. The summed E-state index contributed by atoms with van der Waals surface area (Å²) >= 11 is 0. The Morgan fingerprint density at radius 1 is 1.28 bits per heavy atom. The maximum atomic E-state index is 6.07. The van der Waals surface area contributed by atoms with Crippen molar-refractivity contribution in [1.82, 2.24) is 14.6 Å². The number of hydrogen-bond donors (Lipinski definition) is 1. The van der Waals surface area contributed by atoms with E-state index in [1.165, 1.54) is 25.7 Å². The average molecular weight is 244 g/mol. The van der Waals surface area contributed by atoms with Gasteiger partial charge in [0.2, 0.25) is 0 Å². The summed E-state index contributed by atoms with van der Waals surface area (Å²) in [5.74, 6) is 1.68. The molecule has 2 aromatic heterocycles. The number of hydrogen-bond acceptors (Lipinski definition) is 3. The van der Waals surface area contributed by atoms with Crippen molar-refractivity contribution in [3.8, 4) is 0 Å². The average Bonchev–Trinajstić information content (AvgIpc) is 2.96. The molecule has 2 N–H and O–H groups in total. The van der Waals surface area contributed by atoms with Gasteiger partial charge >= 0.3 is 0 Å². The number of aromatic nitrogens is 3. The first-order chi connectivity index (χ1) is 8.65. The number of fused-ring (bicyclic) bond motifs is 1. The zero-order valence-electron chi connectivity index (χ0n) is 11.1. The third-order valence-electron chi connectivity index (χ3n) is 3.86. The van der Waals surface area contributed by atoms with Crippen molar-refractivity contribution in [2.75, 3.05) is 5.73 Å². The summed E-state index contributed by atoms with van der Waals surface area (Å²) in [6.45, 7) is 4.26. The van der Waals surface area contributed by atoms with Crippen molar-refractivity contribution in [2.24, 2.45) is 0 Å². The van der Waals surface area contributed by atoms with Crippen LogP contribution in [0.2, 0.25) is 0 Å². The van der Waals surface area contributed by atoms with E-state index in [0.717, 1.165) is 17.0 Å². The molecule has 18 heavy (non-hydrogen) atoms. The third kappa shape index (κ3) is 1.85. The lowest BCUT2D eigenvalue weighted by Gasteiger charge is -2.06. The van der Waals surface area contributed by atoms with Gasteiger partial charge in [-0.1, -0.05) is 26.7 Å². The predicted octanol–water partition coefficient (Wildman–Crippen LogP) is 3.09. The number of rotatable bonds is 2. The fourth-order valence-corrected chi connectivity index (χ4v) is 2.75. The van der Waals surface area contributed by atoms with Crippen LogP contribution < -0.4 is 5.73 Å². The van der Waals surface area contributed by atoms with Gasteiger partial charge < -0.3 is 5.73 Å². The van der Waals surface area contributed by atoms with Crippen LogP contribution in [0.3, 0.4) is 0 Å². The molecule has 1 aliphatic rings. The number of nitrogens with two attached hydrogens (primary N) is 1. The molecular formula is C14H20N4. The predicted molar refractivity (Wildman–Crippen MR) is 72.7 cm³/mol. The van der Waals surface area contributed by atoms with Crippen LogP contribution in [0.5, 0.6) is 0 Å². The van der Waals surface area contributed by atoms with Crippen LogP contribution in [0, 0.1) is 0 Å². The molecule has 4 heteroatoms. The van der Waals surface area contributed by atoms with Gasteiger partial charge in [-0.2, -0.15) is 9.61 Å². The zero-order valence-corrected chi connectivity index (χ0v) is 11.1. The summed E-state index contributed by atoms with van der Waals surface area (Å²) in [5, 5.41) is 4.62. The minimum atomic E-state index is 0.391. The van der Waals surface area contributed by atoms with Gasteiger partial charge in [0.25, 0.3) is 0 Å². The molecule has 3 rings (SSSR count). The van der Waals surface area contributed by atoms with Crippen LogP contribution in [-0.2, 0) is 0 Å².